The van der Waals surface area contributed by atoms with Gasteiger partial charge in [-0.1, -0.05) is 0 Å². The number of nitro groups is 1. The highest BCUT2D eigenvalue weighted by molar-refractivity contribution is 9.10. The van der Waals surface area contributed by atoms with Gasteiger partial charge in [0.25, 0.3) is 5.91 Å². The Labute approximate surface area is 236 Å². The van der Waals surface area contributed by atoms with Crippen molar-refractivity contribution in [1.82, 2.24) is 9.99 Å². The Morgan fingerprint density at radius 3 is 2.45 bits per heavy atom. The van der Waals surface area contributed by atoms with Crippen molar-refractivity contribution in [3.8, 4) is 17.2 Å². The van der Waals surface area contributed by atoms with Gasteiger partial charge in [-0.2, -0.15) is 5.10 Å². The van der Waals surface area contributed by atoms with Crippen molar-refractivity contribution in [1.29, 1.82) is 0 Å². The number of primary amides is 1. The average Bonchev–Trinajstić information content (AvgIpc) is 3.53. The van der Waals surface area contributed by atoms with E-state index in [9.17, 15) is 19.7 Å². The third kappa shape index (κ3) is 6.74. The number of nitrogens with two attached hydrogens (primary N) is 1. The molecule has 0 saturated carbocycles. The summed E-state index contributed by atoms with van der Waals surface area (Å²) >= 11 is 3.17. The van der Waals surface area contributed by atoms with Crippen LogP contribution in [0.25, 0.3) is 5.69 Å². The summed E-state index contributed by atoms with van der Waals surface area (Å²) in [5.41, 5.74) is 10.5. The molecule has 0 bridgehead atoms. The van der Waals surface area contributed by atoms with Crippen LogP contribution in [-0.2, 0) is 11.4 Å². The molecule has 0 unspecified atom stereocenters. The van der Waals surface area contributed by atoms with Gasteiger partial charge in [0, 0.05) is 28.7 Å². The number of carbonyl (C=O) groups is 2. The molecule has 4 aromatic rings. The fourth-order valence-corrected chi connectivity index (χ4v) is 4.40. The van der Waals surface area contributed by atoms with Crippen LogP contribution in [0.2, 0.25) is 0 Å². The maximum atomic E-state index is 12.4. The van der Waals surface area contributed by atoms with E-state index in [1.165, 1.54) is 24.4 Å². The number of ether oxygens (including phenoxy) is 2. The van der Waals surface area contributed by atoms with Crippen LogP contribution in [-0.4, -0.2) is 34.1 Å². The molecule has 0 aliphatic rings. The molecule has 0 aliphatic heterocycles. The molecule has 0 fully saturated rings. The monoisotopic (exact) mass is 609 g/mol. The Morgan fingerprint density at radius 1 is 1.10 bits per heavy atom. The van der Waals surface area contributed by atoms with Gasteiger partial charge in [-0.05, 0) is 84.4 Å². The molecule has 2 amide bonds. The Hall–Kier alpha value is -4.91. The van der Waals surface area contributed by atoms with Crippen molar-refractivity contribution in [2.24, 2.45) is 10.8 Å². The number of hydrogen-bond donors (Lipinski definition) is 2. The van der Waals surface area contributed by atoms with E-state index in [0.29, 0.717) is 11.5 Å². The van der Waals surface area contributed by atoms with Crippen molar-refractivity contribution >= 4 is 39.6 Å². The van der Waals surface area contributed by atoms with Crippen LogP contribution in [0.5, 0.6) is 11.5 Å². The summed E-state index contributed by atoms with van der Waals surface area (Å²) in [6.07, 6.45) is 1.21. The highest BCUT2D eigenvalue weighted by atomic mass is 79.9. The first-order valence-corrected chi connectivity index (χ1v) is 12.6. The molecule has 0 aliphatic carbocycles. The number of aromatic nitrogens is 1. The van der Waals surface area contributed by atoms with E-state index >= 15 is 0 Å². The number of rotatable bonds is 11. The third-order valence-electron chi connectivity index (χ3n) is 5.61. The third-order valence-corrected chi connectivity index (χ3v) is 6.20. The Kier molecular flexibility index (Phi) is 8.64. The van der Waals surface area contributed by atoms with Crippen LogP contribution in [0.15, 0.2) is 74.7 Å². The van der Waals surface area contributed by atoms with Crippen molar-refractivity contribution in [2.75, 3.05) is 6.61 Å². The van der Waals surface area contributed by atoms with E-state index in [0.717, 1.165) is 17.1 Å². The predicted molar refractivity (Wildman–Crippen MR) is 149 cm³/mol. The lowest BCUT2D eigenvalue weighted by atomic mass is 10.2. The fourth-order valence-electron chi connectivity index (χ4n) is 3.82. The molecule has 40 heavy (non-hydrogen) atoms. The Balaban J connectivity index is 1.34. The smallest absolute Gasteiger partial charge is 0.312 e. The van der Waals surface area contributed by atoms with Gasteiger partial charge >= 0.3 is 11.6 Å². The lowest BCUT2D eigenvalue weighted by Crippen LogP contribution is -2.20. The molecule has 2 heterocycles. The molecular formula is C27H24BrN5O7. The van der Waals surface area contributed by atoms with Gasteiger partial charge in [0.15, 0.2) is 12.4 Å². The zero-order valence-corrected chi connectivity index (χ0v) is 23.0. The van der Waals surface area contributed by atoms with Crippen LogP contribution < -0.4 is 20.6 Å². The summed E-state index contributed by atoms with van der Waals surface area (Å²) in [5.74, 6) is -0.482. The van der Waals surface area contributed by atoms with Gasteiger partial charge in [0.2, 0.25) is 5.75 Å². The van der Waals surface area contributed by atoms with Crippen molar-refractivity contribution in [3.63, 3.8) is 0 Å². The van der Waals surface area contributed by atoms with E-state index < -0.39 is 29.0 Å². The highest BCUT2D eigenvalue weighted by Crippen LogP contribution is 2.36. The van der Waals surface area contributed by atoms with Gasteiger partial charge in [0.05, 0.1) is 15.6 Å². The summed E-state index contributed by atoms with van der Waals surface area (Å²) in [7, 11) is 0. The molecule has 4 rings (SSSR count). The zero-order valence-electron chi connectivity index (χ0n) is 21.4. The number of aryl methyl sites for hydroxylation is 2. The fraction of sp³-hybridized carbons (Fsp3) is 0.148. The number of nitrogens with one attached hydrogen (secondary N) is 1. The molecule has 3 N–H and O–H groups in total. The Morgan fingerprint density at radius 2 is 1.80 bits per heavy atom. The first-order chi connectivity index (χ1) is 19.1. The normalized spacial score (nSPS) is 11.0. The molecule has 0 spiro atoms. The summed E-state index contributed by atoms with van der Waals surface area (Å²) < 4.78 is 18.8. The average molecular weight is 610 g/mol. The quantitative estimate of drug-likeness (QED) is 0.143. The number of hydrogen-bond acceptors (Lipinski definition) is 8. The second-order valence-corrected chi connectivity index (χ2v) is 9.42. The molecule has 0 saturated heterocycles. The van der Waals surface area contributed by atoms with Crippen LogP contribution >= 0.6 is 15.9 Å². The van der Waals surface area contributed by atoms with Gasteiger partial charge in [-0.3, -0.25) is 19.7 Å². The minimum atomic E-state index is -0.783. The molecule has 0 atom stereocenters. The topological polar surface area (TPSA) is 164 Å². The van der Waals surface area contributed by atoms with Gasteiger partial charge in [-0.15, -0.1) is 0 Å². The number of carbonyl (C=O) groups excluding carboxylic acids is 2. The molecule has 0 radical (unpaired) electrons. The molecule has 2 aromatic carbocycles. The lowest BCUT2D eigenvalue weighted by Gasteiger charge is -2.10. The largest absolute Gasteiger partial charge is 0.486 e. The molecule has 13 heteroatoms. The maximum Gasteiger partial charge on any atom is 0.312 e. The van der Waals surface area contributed by atoms with Crippen LogP contribution in [0.1, 0.15) is 33.3 Å². The van der Waals surface area contributed by atoms with Crippen LogP contribution in [0.4, 0.5) is 5.69 Å². The van der Waals surface area contributed by atoms with Crippen molar-refractivity contribution in [2.45, 2.75) is 20.5 Å². The molecule has 206 valence electrons. The number of halogens is 1. The SMILES string of the molecule is Cc1ccc(C)n1-c1ccc(OCc2ccc(C(=O)N/N=C/c3cc(Br)c(OCC(N)=O)c([N+](=O)[O-])c3)o2)cc1. The first-order valence-electron chi connectivity index (χ1n) is 11.8. The van der Waals surface area contributed by atoms with Gasteiger partial charge < -0.3 is 24.2 Å². The minimum Gasteiger partial charge on any atom is -0.486 e. The summed E-state index contributed by atoms with van der Waals surface area (Å²) in [5, 5.41) is 15.3. The van der Waals surface area contributed by atoms with Gasteiger partial charge in [0.1, 0.15) is 18.1 Å². The molecule has 12 nitrogen and oxygen atoms in total. The van der Waals surface area contributed by atoms with Crippen molar-refractivity contribution < 1.29 is 28.4 Å². The maximum absolute atomic E-state index is 12.4. The van der Waals surface area contributed by atoms with Gasteiger partial charge in [-0.25, -0.2) is 5.43 Å². The van der Waals surface area contributed by atoms with E-state index in [-0.39, 0.29) is 28.2 Å². The first kappa shape index (κ1) is 28.1. The number of benzene rings is 2. The van der Waals surface area contributed by atoms with E-state index in [1.54, 1.807) is 6.07 Å². The lowest BCUT2D eigenvalue weighted by molar-refractivity contribution is -0.385. The number of furan rings is 1. The number of nitro benzene ring substituents is 1. The summed E-state index contributed by atoms with van der Waals surface area (Å²) in [4.78, 5) is 34.1. The molecule has 2 aromatic heterocycles. The van der Waals surface area contributed by atoms with Crippen molar-refractivity contribution in [3.05, 3.63) is 104 Å². The standard InChI is InChI=1S/C27H24BrN5O7/c1-16-3-4-17(2)32(16)19-5-7-20(8-6-19)38-14-21-9-10-24(40-21)27(35)31-30-13-18-11-22(28)26(39-15-25(29)34)23(12-18)33(36)37/h3-13H,14-15H2,1-2H3,(H2,29,34)(H,31,35)/b30-13+. The predicted octanol–water partition coefficient (Wildman–Crippen LogP) is 4.56. The van der Waals surface area contributed by atoms with Crippen LogP contribution in [0.3, 0.4) is 0 Å². The van der Waals surface area contributed by atoms with E-state index in [4.69, 9.17) is 19.6 Å². The summed E-state index contributed by atoms with van der Waals surface area (Å²) in [6.45, 7) is 3.67. The second kappa shape index (κ2) is 12.3. The minimum absolute atomic E-state index is 0.00650. The van der Waals surface area contributed by atoms with Crippen LogP contribution in [0, 0.1) is 24.0 Å². The number of amides is 2. The Bertz CT molecular complexity index is 1570. The second-order valence-electron chi connectivity index (χ2n) is 8.56. The number of nitrogens with zero attached hydrogens (tertiary/aromatic N) is 3. The number of hydrazone groups is 1. The highest BCUT2D eigenvalue weighted by Gasteiger charge is 2.21. The zero-order chi connectivity index (χ0) is 28.8. The van der Waals surface area contributed by atoms with E-state index in [1.807, 2.05) is 38.1 Å². The summed E-state index contributed by atoms with van der Waals surface area (Å²) in [6, 6.07) is 17.5. The van der Waals surface area contributed by atoms with E-state index in [2.05, 4.69) is 43.2 Å². The molecular weight excluding hydrogens is 586 g/mol.